The zero-order valence-corrected chi connectivity index (χ0v) is 23.6. The smallest absolute Gasteiger partial charge is 0.264 e. The molecule has 1 N–H and O–H groups in total. The lowest BCUT2D eigenvalue weighted by Crippen LogP contribution is -2.52. The average Bonchev–Trinajstić information content (AvgIpc) is 2.89. The minimum atomic E-state index is -4.07. The summed E-state index contributed by atoms with van der Waals surface area (Å²) >= 11 is 0. The second-order valence-electron chi connectivity index (χ2n) is 9.53. The van der Waals surface area contributed by atoms with Gasteiger partial charge in [0.1, 0.15) is 12.6 Å². The Kier molecular flexibility index (Phi) is 9.69. The molecule has 3 aromatic rings. The molecule has 0 aliphatic carbocycles. The number of rotatable bonds is 11. The summed E-state index contributed by atoms with van der Waals surface area (Å²) in [6.45, 7) is 7.35. The highest BCUT2D eigenvalue weighted by Crippen LogP contribution is 2.27. The van der Waals surface area contributed by atoms with Crippen molar-refractivity contribution in [1.82, 2.24) is 10.2 Å². The zero-order valence-electron chi connectivity index (χ0n) is 22.8. The summed E-state index contributed by atoms with van der Waals surface area (Å²) in [7, 11) is -2.54. The van der Waals surface area contributed by atoms with Gasteiger partial charge in [0.15, 0.2) is 0 Å². The molecule has 0 heterocycles. The quantitative estimate of drug-likeness (QED) is 0.394. The number of nitrogens with one attached hydrogen (secondary N) is 1. The summed E-state index contributed by atoms with van der Waals surface area (Å²) < 4.78 is 29.0. The Labute approximate surface area is 226 Å². The maximum Gasteiger partial charge on any atom is 0.264 e. The normalized spacial score (nSPS) is 12.0. The van der Waals surface area contributed by atoms with Gasteiger partial charge in [0.05, 0.1) is 10.6 Å². The number of aryl methyl sites for hydroxylation is 3. The van der Waals surface area contributed by atoms with E-state index in [1.54, 1.807) is 36.4 Å². The first-order chi connectivity index (χ1) is 18.1. The van der Waals surface area contributed by atoms with Gasteiger partial charge in [-0.25, -0.2) is 8.42 Å². The van der Waals surface area contributed by atoms with E-state index in [-0.39, 0.29) is 17.3 Å². The van der Waals surface area contributed by atoms with Crippen LogP contribution in [0.15, 0.2) is 77.7 Å². The lowest BCUT2D eigenvalue weighted by Gasteiger charge is -2.33. The van der Waals surface area contributed by atoms with E-state index in [4.69, 9.17) is 0 Å². The highest BCUT2D eigenvalue weighted by atomic mass is 32.2. The lowest BCUT2D eigenvalue weighted by atomic mass is 10.1. The Morgan fingerprint density at radius 2 is 1.47 bits per heavy atom. The molecule has 0 saturated carbocycles. The molecule has 0 fully saturated rings. The molecule has 0 aliphatic rings. The first-order valence-corrected chi connectivity index (χ1v) is 14.2. The van der Waals surface area contributed by atoms with Gasteiger partial charge in [0.25, 0.3) is 10.0 Å². The van der Waals surface area contributed by atoms with Crippen LogP contribution in [0.1, 0.15) is 35.6 Å². The van der Waals surface area contributed by atoms with E-state index in [0.717, 1.165) is 26.6 Å². The molecular weight excluding hydrogens is 498 g/mol. The van der Waals surface area contributed by atoms with Crippen LogP contribution in [0.5, 0.6) is 0 Å². The third-order valence-electron chi connectivity index (χ3n) is 6.50. The van der Waals surface area contributed by atoms with E-state index < -0.39 is 28.5 Å². The molecule has 1 atom stereocenters. The minimum Gasteiger partial charge on any atom is -0.357 e. The molecule has 0 radical (unpaired) electrons. The summed E-state index contributed by atoms with van der Waals surface area (Å²) in [6, 6.07) is 21.0. The van der Waals surface area contributed by atoms with Gasteiger partial charge in [-0.3, -0.25) is 13.9 Å². The SMILES string of the molecule is CC[C@H](C(=O)NC)N(CCc1ccccc1)C(=O)CN(c1cc(C)cc(C)c1)S(=O)(=O)c1ccc(C)cc1. The topological polar surface area (TPSA) is 86.8 Å². The van der Waals surface area contributed by atoms with Gasteiger partial charge in [-0.1, -0.05) is 61.0 Å². The van der Waals surface area contributed by atoms with E-state index in [1.165, 1.54) is 11.9 Å². The van der Waals surface area contributed by atoms with Crippen LogP contribution in [-0.2, 0) is 26.0 Å². The van der Waals surface area contributed by atoms with E-state index in [9.17, 15) is 18.0 Å². The molecule has 0 bridgehead atoms. The molecule has 3 rings (SSSR count). The number of anilines is 1. The number of sulfonamides is 1. The maximum absolute atomic E-state index is 13.9. The molecule has 0 aromatic heterocycles. The summed E-state index contributed by atoms with van der Waals surface area (Å²) in [5.41, 5.74) is 4.13. The first kappa shape index (κ1) is 28.9. The molecule has 8 heteroatoms. The van der Waals surface area contributed by atoms with Crippen LogP contribution >= 0.6 is 0 Å². The van der Waals surface area contributed by atoms with Gasteiger partial charge in [-0.05, 0) is 74.6 Å². The van der Waals surface area contributed by atoms with Gasteiger partial charge in [-0.15, -0.1) is 0 Å². The number of amides is 2. The van der Waals surface area contributed by atoms with Crippen molar-refractivity contribution in [1.29, 1.82) is 0 Å². The van der Waals surface area contributed by atoms with Crippen LogP contribution in [0.2, 0.25) is 0 Å². The maximum atomic E-state index is 13.9. The largest absolute Gasteiger partial charge is 0.357 e. The van der Waals surface area contributed by atoms with E-state index in [2.05, 4.69) is 5.32 Å². The molecule has 202 valence electrons. The molecule has 0 spiro atoms. The summed E-state index contributed by atoms with van der Waals surface area (Å²) in [5, 5.41) is 2.65. The lowest BCUT2D eigenvalue weighted by molar-refractivity contribution is -0.139. The number of carbonyl (C=O) groups excluding carboxylic acids is 2. The third-order valence-corrected chi connectivity index (χ3v) is 8.29. The highest BCUT2D eigenvalue weighted by Gasteiger charge is 2.33. The molecular formula is C30H37N3O4S. The predicted molar refractivity (Wildman–Crippen MR) is 152 cm³/mol. The second kappa shape index (κ2) is 12.7. The molecule has 0 aliphatic heterocycles. The molecule has 0 saturated heterocycles. The fourth-order valence-electron chi connectivity index (χ4n) is 4.52. The number of benzene rings is 3. The number of nitrogens with zero attached hydrogens (tertiary/aromatic N) is 2. The summed E-state index contributed by atoms with van der Waals surface area (Å²) in [4.78, 5) is 28.3. The van der Waals surface area contributed by atoms with Crippen molar-refractivity contribution in [2.45, 2.75) is 51.5 Å². The molecule has 0 unspecified atom stereocenters. The van der Waals surface area contributed by atoms with Crippen molar-refractivity contribution < 1.29 is 18.0 Å². The van der Waals surface area contributed by atoms with Crippen molar-refractivity contribution in [3.63, 3.8) is 0 Å². The van der Waals surface area contributed by atoms with Crippen molar-refractivity contribution >= 4 is 27.5 Å². The van der Waals surface area contributed by atoms with Gasteiger partial charge in [0, 0.05) is 13.6 Å². The Morgan fingerprint density at radius 3 is 2.03 bits per heavy atom. The number of likely N-dealkylation sites (N-methyl/N-ethyl adjacent to an activating group) is 1. The van der Waals surface area contributed by atoms with Crippen LogP contribution in [0.25, 0.3) is 0 Å². The number of hydrogen-bond acceptors (Lipinski definition) is 4. The van der Waals surface area contributed by atoms with Crippen LogP contribution in [0.3, 0.4) is 0 Å². The molecule has 2 amide bonds. The van der Waals surface area contributed by atoms with Crippen molar-refractivity contribution in [2.75, 3.05) is 24.4 Å². The summed E-state index contributed by atoms with van der Waals surface area (Å²) in [5.74, 6) is -0.723. The monoisotopic (exact) mass is 535 g/mol. The predicted octanol–water partition coefficient (Wildman–Crippen LogP) is 4.40. The average molecular weight is 536 g/mol. The van der Waals surface area contributed by atoms with Gasteiger partial charge >= 0.3 is 0 Å². The first-order valence-electron chi connectivity index (χ1n) is 12.8. The number of carbonyl (C=O) groups is 2. The second-order valence-corrected chi connectivity index (χ2v) is 11.4. The van der Waals surface area contributed by atoms with Crippen LogP contribution in [0, 0.1) is 20.8 Å². The molecule has 7 nitrogen and oxygen atoms in total. The third kappa shape index (κ3) is 7.01. The van der Waals surface area contributed by atoms with Crippen molar-refractivity contribution in [3.8, 4) is 0 Å². The van der Waals surface area contributed by atoms with Crippen molar-refractivity contribution in [2.24, 2.45) is 0 Å². The van der Waals surface area contributed by atoms with Crippen LogP contribution in [0.4, 0.5) is 5.69 Å². The Bertz CT molecular complexity index is 1340. The number of hydrogen-bond donors (Lipinski definition) is 1. The Balaban J connectivity index is 2.03. The van der Waals surface area contributed by atoms with Crippen molar-refractivity contribution in [3.05, 3.63) is 95.1 Å². The Hall–Kier alpha value is -3.65. The van der Waals surface area contributed by atoms with Crippen LogP contribution in [-0.4, -0.2) is 51.3 Å². The standard InChI is InChI=1S/C30H37N3O4S/c1-6-28(30(35)31-5)32(17-16-25-10-8-7-9-11-25)29(34)21-33(26-19-23(3)18-24(4)20-26)38(36,37)27-14-12-22(2)13-15-27/h7-15,18-20,28H,6,16-17,21H2,1-5H3,(H,31,35)/t28-/m1/s1. The van der Waals surface area contributed by atoms with Gasteiger partial charge < -0.3 is 10.2 Å². The fourth-order valence-corrected chi connectivity index (χ4v) is 5.92. The van der Waals surface area contributed by atoms with E-state index >= 15 is 0 Å². The fraction of sp³-hybridized carbons (Fsp3) is 0.333. The van der Waals surface area contributed by atoms with Gasteiger partial charge in [-0.2, -0.15) is 0 Å². The zero-order chi connectivity index (χ0) is 27.9. The van der Waals surface area contributed by atoms with E-state index in [0.29, 0.717) is 18.5 Å². The van der Waals surface area contributed by atoms with Crippen LogP contribution < -0.4 is 9.62 Å². The minimum absolute atomic E-state index is 0.101. The Morgan fingerprint density at radius 1 is 0.868 bits per heavy atom. The van der Waals surface area contributed by atoms with Gasteiger partial charge in [0.2, 0.25) is 11.8 Å². The highest BCUT2D eigenvalue weighted by molar-refractivity contribution is 7.92. The summed E-state index contributed by atoms with van der Waals surface area (Å²) in [6.07, 6.45) is 0.933. The van der Waals surface area contributed by atoms with E-state index in [1.807, 2.05) is 64.1 Å². The molecule has 38 heavy (non-hydrogen) atoms. The molecule has 3 aromatic carbocycles.